The molecule has 0 spiro atoms. The topological polar surface area (TPSA) is 0 Å². The van der Waals surface area contributed by atoms with Crippen LogP contribution in [0.4, 0.5) is 0 Å². The van der Waals surface area contributed by atoms with Crippen LogP contribution in [0.1, 0.15) is 30.0 Å². The zero-order valence-corrected chi connectivity index (χ0v) is 7.57. The summed E-state index contributed by atoms with van der Waals surface area (Å²) in [5.41, 5.74) is 3.99. The predicted molar refractivity (Wildman–Crippen MR) is 48.7 cm³/mol. The molecule has 0 aliphatic rings. The van der Waals surface area contributed by atoms with Gasteiger partial charge in [0, 0.05) is 0 Å². The molecule has 0 atom stereocenters. The second-order valence-corrected chi connectivity index (χ2v) is 3.04. The Hall–Kier alpha value is -0.780. The normalized spacial score (nSPS) is 10.1. The van der Waals surface area contributed by atoms with Gasteiger partial charge in [-0.25, -0.2) is 0 Å². The Morgan fingerprint density at radius 3 is 2.55 bits per heavy atom. The van der Waals surface area contributed by atoms with Crippen LogP contribution in [0.2, 0.25) is 0 Å². The summed E-state index contributed by atoms with van der Waals surface area (Å²) in [6.07, 6.45) is 2.40. The van der Waals surface area contributed by atoms with E-state index >= 15 is 0 Å². The van der Waals surface area contributed by atoms with Crippen molar-refractivity contribution in [2.75, 3.05) is 0 Å². The summed E-state index contributed by atoms with van der Waals surface area (Å²) in [6, 6.07) is 7.67. The van der Waals surface area contributed by atoms with Gasteiger partial charge in [0.2, 0.25) is 0 Å². The molecule has 0 unspecified atom stereocenters. The monoisotopic (exact) mass is 147 g/mol. The van der Waals surface area contributed by atoms with E-state index in [4.69, 9.17) is 0 Å². The van der Waals surface area contributed by atoms with Gasteiger partial charge in [-0.3, -0.25) is 0 Å². The molecule has 0 aromatic heterocycles. The Bertz CT molecular complexity index is 236. The lowest BCUT2D eigenvalue weighted by Gasteiger charge is -2.03. The van der Waals surface area contributed by atoms with Gasteiger partial charge in [0.1, 0.15) is 0 Å². The van der Waals surface area contributed by atoms with Gasteiger partial charge in [0.25, 0.3) is 0 Å². The molecule has 11 heavy (non-hydrogen) atoms. The minimum Gasteiger partial charge on any atom is -0.0651 e. The van der Waals surface area contributed by atoms with Crippen LogP contribution >= 0.6 is 0 Å². The number of benzene rings is 1. The molecule has 0 nitrogen and oxygen atoms in total. The van der Waals surface area contributed by atoms with Crippen LogP contribution in [0.5, 0.6) is 0 Å². The van der Waals surface area contributed by atoms with E-state index in [1.807, 2.05) is 0 Å². The number of hydrogen-bond donors (Lipinski definition) is 0. The van der Waals surface area contributed by atoms with Crippen molar-refractivity contribution >= 4 is 0 Å². The Kier molecular flexibility index (Phi) is 2.70. The molecule has 0 bridgehead atoms. The summed E-state index contributed by atoms with van der Waals surface area (Å²) in [5.74, 6) is 0. The molecular formula is C11H15. The van der Waals surface area contributed by atoms with Gasteiger partial charge in [-0.15, -0.1) is 0 Å². The van der Waals surface area contributed by atoms with Crippen LogP contribution in [0.15, 0.2) is 12.1 Å². The van der Waals surface area contributed by atoms with E-state index < -0.39 is 0 Å². The number of hydrogen-bond acceptors (Lipinski definition) is 0. The highest BCUT2D eigenvalue weighted by Crippen LogP contribution is 2.11. The molecule has 0 heterocycles. The first-order chi connectivity index (χ1) is 5.24. The molecule has 1 rings (SSSR count). The molecule has 1 aromatic carbocycles. The summed E-state index contributed by atoms with van der Waals surface area (Å²) in [7, 11) is 0. The van der Waals surface area contributed by atoms with E-state index in [0.717, 1.165) is 0 Å². The maximum atomic E-state index is 3.32. The second-order valence-electron chi connectivity index (χ2n) is 3.04. The third-order valence-corrected chi connectivity index (χ3v) is 1.92. The molecular weight excluding hydrogens is 132 g/mol. The molecule has 0 fully saturated rings. The summed E-state index contributed by atoms with van der Waals surface area (Å²) >= 11 is 0. The van der Waals surface area contributed by atoms with Gasteiger partial charge in [-0.05, 0) is 43.0 Å². The van der Waals surface area contributed by atoms with Crippen LogP contribution in [0.3, 0.4) is 0 Å². The van der Waals surface area contributed by atoms with Crippen molar-refractivity contribution in [1.82, 2.24) is 0 Å². The van der Waals surface area contributed by atoms with Crippen molar-refractivity contribution < 1.29 is 0 Å². The highest BCUT2D eigenvalue weighted by molar-refractivity contribution is 5.28. The van der Waals surface area contributed by atoms with E-state index in [1.165, 1.54) is 29.5 Å². The second kappa shape index (κ2) is 3.56. The van der Waals surface area contributed by atoms with Crippen LogP contribution in [-0.2, 0) is 6.42 Å². The molecule has 0 aliphatic heterocycles. The van der Waals surface area contributed by atoms with Crippen LogP contribution in [0.25, 0.3) is 0 Å². The lowest BCUT2D eigenvalue weighted by atomic mass is 10.0. The fraction of sp³-hybridized carbons (Fsp3) is 0.455. The van der Waals surface area contributed by atoms with E-state index in [2.05, 4.69) is 39.0 Å². The Labute approximate surface area is 69.3 Å². The predicted octanol–water partition coefficient (Wildman–Crippen LogP) is 3.06. The molecule has 0 aliphatic carbocycles. The third-order valence-electron chi connectivity index (χ3n) is 1.92. The molecule has 0 N–H and O–H groups in total. The maximum Gasteiger partial charge on any atom is -0.0117 e. The smallest absolute Gasteiger partial charge is 0.0117 e. The first kappa shape index (κ1) is 8.32. The summed E-state index contributed by atoms with van der Waals surface area (Å²) in [4.78, 5) is 0. The van der Waals surface area contributed by atoms with Crippen LogP contribution in [0, 0.1) is 19.9 Å². The van der Waals surface area contributed by atoms with Crippen molar-refractivity contribution in [1.29, 1.82) is 0 Å². The first-order valence-corrected chi connectivity index (χ1v) is 4.22. The zero-order chi connectivity index (χ0) is 8.27. The zero-order valence-electron chi connectivity index (χ0n) is 7.57. The average Bonchev–Trinajstić information content (AvgIpc) is 1.95. The molecule has 1 aromatic rings. The molecule has 59 valence electrons. The standard InChI is InChI=1S/C11H15/c1-4-5-11-7-6-9(2)8-10(11)3/h6-7H,4-5H2,1-3H3. The lowest BCUT2D eigenvalue weighted by molar-refractivity contribution is 0.911. The van der Waals surface area contributed by atoms with Crippen molar-refractivity contribution in [2.24, 2.45) is 0 Å². The third kappa shape index (κ3) is 2.07. The van der Waals surface area contributed by atoms with Crippen molar-refractivity contribution in [3.8, 4) is 0 Å². The van der Waals surface area contributed by atoms with Gasteiger partial charge >= 0.3 is 0 Å². The Morgan fingerprint density at radius 2 is 2.00 bits per heavy atom. The Morgan fingerprint density at radius 1 is 1.27 bits per heavy atom. The van der Waals surface area contributed by atoms with Crippen molar-refractivity contribution in [3.63, 3.8) is 0 Å². The highest BCUT2D eigenvalue weighted by atomic mass is 14.0. The van der Waals surface area contributed by atoms with E-state index in [9.17, 15) is 0 Å². The molecule has 0 heteroatoms. The van der Waals surface area contributed by atoms with Crippen molar-refractivity contribution in [2.45, 2.75) is 33.6 Å². The van der Waals surface area contributed by atoms with Gasteiger partial charge in [-0.1, -0.05) is 25.5 Å². The molecule has 0 amide bonds. The average molecular weight is 147 g/mol. The Balaban J connectivity index is 2.90. The largest absolute Gasteiger partial charge is 0.0651 e. The molecule has 0 saturated carbocycles. The number of rotatable bonds is 2. The van der Waals surface area contributed by atoms with Crippen molar-refractivity contribution in [3.05, 3.63) is 34.9 Å². The van der Waals surface area contributed by atoms with E-state index in [-0.39, 0.29) is 0 Å². The first-order valence-electron chi connectivity index (χ1n) is 4.22. The van der Waals surface area contributed by atoms with Gasteiger partial charge < -0.3 is 0 Å². The number of aryl methyl sites for hydroxylation is 3. The van der Waals surface area contributed by atoms with Crippen LogP contribution < -0.4 is 0 Å². The fourth-order valence-electron chi connectivity index (χ4n) is 1.31. The van der Waals surface area contributed by atoms with E-state index in [0.29, 0.717) is 0 Å². The molecule has 1 radical (unpaired) electrons. The molecule has 0 saturated heterocycles. The van der Waals surface area contributed by atoms with Gasteiger partial charge in [0.15, 0.2) is 0 Å². The lowest BCUT2D eigenvalue weighted by Crippen LogP contribution is -1.88. The SMILES string of the molecule is CCCc1ccc(C)[c]c1C. The summed E-state index contributed by atoms with van der Waals surface area (Å²) in [6.45, 7) is 6.43. The summed E-state index contributed by atoms with van der Waals surface area (Å²) in [5, 5.41) is 0. The van der Waals surface area contributed by atoms with E-state index in [1.54, 1.807) is 0 Å². The van der Waals surface area contributed by atoms with Gasteiger partial charge in [0.05, 0.1) is 0 Å². The summed E-state index contributed by atoms with van der Waals surface area (Å²) < 4.78 is 0. The van der Waals surface area contributed by atoms with Crippen LogP contribution in [-0.4, -0.2) is 0 Å². The highest BCUT2D eigenvalue weighted by Gasteiger charge is 1.96. The minimum atomic E-state index is 1.18. The maximum absolute atomic E-state index is 3.32. The minimum absolute atomic E-state index is 1.18. The fourth-order valence-corrected chi connectivity index (χ4v) is 1.31. The quantitative estimate of drug-likeness (QED) is 0.603. The van der Waals surface area contributed by atoms with Gasteiger partial charge in [-0.2, -0.15) is 0 Å².